The molecule has 3 amide bonds. The average molecular weight is 727 g/mol. The number of amides is 3. The Balaban J connectivity index is 1.20. The number of rotatable bonds is 27. The summed E-state index contributed by atoms with van der Waals surface area (Å²) in [5.41, 5.74) is -1.83. The van der Waals surface area contributed by atoms with E-state index in [-0.39, 0.29) is 57.8 Å². The maximum absolute atomic E-state index is 13.4. The van der Waals surface area contributed by atoms with Gasteiger partial charge in [0.2, 0.25) is 0 Å². The van der Waals surface area contributed by atoms with Crippen LogP contribution in [0.15, 0.2) is 14.4 Å². The van der Waals surface area contributed by atoms with Gasteiger partial charge in [-0.3, -0.25) is 0 Å². The first-order valence-corrected chi connectivity index (χ1v) is 18.3. The van der Waals surface area contributed by atoms with E-state index in [4.69, 9.17) is 28.4 Å². The number of hydrogen-bond donors (Lipinski definition) is 3. The molecule has 3 atom stereocenters. The molecule has 0 bridgehead atoms. The lowest BCUT2D eigenvalue weighted by Gasteiger charge is -2.14. The van der Waals surface area contributed by atoms with Gasteiger partial charge >= 0.3 is 35.3 Å². The summed E-state index contributed by atoms with van der Waals surface area (Å²) in [6.45, 7) is 4.49. The van der Waals surface area contributed by atoms with Gasteiger partial charge in [0.25, 0.3) is 0 Å². The molecule has 18 heteroatoms. The predicted octanol–water partition coefficient (Wildman–Crippen LogP) is 1.23. The number of epoxide rings is 3. The van der Waals surface area contributed by atoms with Crippen molar-refractivity contribution in [3.05, 3.63) is 31.5 Å². The first-order valence-electron chi connectivity index (χ1n) is 18.3. The van der Waals surface area contributed by atoms with Crippen LogP contribution in [0.3, 0.4) is 0 Å². The van der Waals surface area contributed by atoms with Crippen molar-refractivity contribution in [2.75, 3.05) is 59.3 Å². The number of ether oxygens (including phenoxy) is 6. The van der Waals surface area contributed by atoms with Crippen LogP contribution in [0.25, 0.3) is 0 Å². The van der Waals surface area contributed by atoms with Gasteiger partial charge in [0.1, 0.15) is 38.1 Å². The third-order valence-corrected chi connectivity index (χ3v) is 8.53. The summed E-state index contributed by atoms with van der Waals surface area (Å²) in [5, 5.41) is 8.09. The summed E-state index contributed by atoms with van der Waals surface area (Å²) in [7, 11) is 0. The molecule has 0 aliphatic carbocycles. The van der Waals surface area contributed by atoms with Crippen LogP contribution in [0.4, 0.5) is 14.4 Å². The molecular formula is C33H54N6O12. The Kier molecular flexibility index (Phi) is 17.3. The van der Waals surface area contributed by atoms with Gasteiger partial charge < -0.3 is 44.4 Å². The normalized spacial score (nSPS) is 18.5. The predicted molar refractivity (Wildman–Crippen MR) is 182 cm³/mol. The highest BCUT2D eigenvalue weighted by molar-refractivity contribution is 5.67. The monoisotopic (exact) mass is 726 g/mol. The fourth-order valence-corrected chi connectivity index (χ4v) is 5.23. The summed E-state index contributed by atoms with van der Waals surface area (Å²) < 4.78 is 33.6. The van der Waals surface area contributed by atoms with Crippen molar-refractivity contribution in [2.24, 2.45) is 0 Å². The number of hydrogen-bond acceptors (Lipinski definition) is 12. The Morgan fingerprint density at radius 1 is 0.471 bits per heavy atom. The zero-order valence-corrected chi connectivity index (χ0v) is 29.4. The molecule has 4 rings (SSSR count). The summed E-state index contributed by atoms with van der Waals surface area (Å²) >= 11 is 0. The molecule has 0 spiro atoms. The van der Waals surface area contributed by atoms with Crippen LogP contribution in [0.2, 0.25) is 0 Å². The molecule has 51 heavy (non-hydrogen) atoms. The summed E-state index contributed by atoms with van der Waals surface area (Å²) in [6, 6.07) is 0. The molecular weight excluding hydrogens is 672 g/mol. The molecule has 3 aliphatic rings. The van der Waals surface area contributed by atoms with Gasteiger partial charge in [0.05, 0.1) is 19.8 Å². The Morgan fingerprint density at radius 2 is 0.725 bits per heavy atom. The second kappa shape index (κ2) is 22.1. The molecule has 3 unspecified atom stereocenters. The molecule has 0 aromatic carbocycles. The highest BCUT2D eigenvalue weighted by Crippen LogP contribution is 2.10. The van der Waals surface area contributed by atoms with Crippen LogP contribution >= 0.6 is 0 Å². The summed E-state index contributed by atoms with van der Waals surface area (Å²) in [5.74, 6) is 0. The number of carbonyl (C=O) groups is 3. The zero-order valence-electron chi connectivity index (χ0n) is 29.4. The minimum absolute atomic E-state index is 0.0104. The largest absolute Gasteiger partial charge is 0.447 e. The molecule has 1 aromatic heterocycles. The maximum atomic E-state index is 13.4. The van der Waals surface area contributed by atoms with E-state index in [0.717, 1.165) is 52.2 Å². The molecule has 18 nitrogen and oxygen atoms in total. The Hall–Kier alpha value is -3.90. The van der Waals surface area contributed by atoms with Crippen molar-refractivity contribution < 1.29 is 42.8 Å². The number of carbonyl (C=O) groups excluding carboxylic acids is 3. The Labute approximate surface area is 296 Å². The fraction of sp³-hybridized carbons (Fsp3) is 0.818. The van der Waals surface area contributed by atoms with Crippen molar-refractivity contribution in [1.29, 1.82) is 0 Å². The molecule has 288 valence electrons. The lowest BCUT2D eigenvalue weighted by Crippen LogP contribution is -2.54. The van der Waals surface area contributed by atoms with E-state index < -0.39 is 35.3 Å². The topological polar surface area (TPSA) is 219 Å². The smallest absolute Gasteiger partial charge is 0.407 e. The van der Waals surface area contributed by atoms with Crippen LogP contribution in [0, 0.1) is 0 Å². The number of nitrogens with zero attached hydrogens (tertiary/aromatic N) is 3. The fourth-order valence-electron chi connectivity index (χ4n) is 5.23. The van der Waals surface area contributed by atoms with Crippen LogP contribution in [0.1, 0.15) is 77.0 Å². The van der Waals surface area contributed by atoms with E-state index in [1.165, 1.54) is 0 Å². The van der Waals surface area contributed by atoms with Crippen molar-refractivity contribution in [2.45, 2.75) is 115 Å². The van der Waals surface area contributed by atoms with Gasteiger partial charge in [-0.05, 0) is 38.5 Å². The molecule has 3 fully saturated rings. The molecule has 1 aromatic rings. The molecule has 3 aliphatic heterocycles. The lowest BCUT2D eigenvalue weighted by atomic mass is 10.2. The third kappa shape index (κ3) is 16.3. The summed E-state index contributed by atoms with van der Waals surface area (Å²) in [4.78, 5) is 75.2. The minimum atomic E-state index is -0.611. The lowest BCUT2D eigenvalue weighted by molar-refractivity contribution is 0.135. The molecule has 0 radical (unpaired) electrons. The first-order chi connectivity index (χ1) is 24.8. The zero-order chi connectivity index (χ0) is 36.3. The second-order valence-corrected chi connectivity index (χ2v) is 13.0. The van der Waals surface area contributed by atoms with E-state index in [0.29, 0.717) is 78.0 Å². The number of aromatic nitrogens is 3. The van der Waals surface area contributed by atoms with Gasteiger partial charge in [-0.2, -0.15) is 0 Å². The van der Waals surface area contributed by atoms with E-state index in [9.17, 15) is 28.8 Å². The van der Waals surface area contributed by atoms with Gasteiger partial charge in [-0.1, -0.05) is 38.5 Å². The quantitative estimate of drug-likeness (QED) is 0.0663. The van der Waals surface area contributed by atoms with E-state index >= 15 is 0 Å². The standard InChI is InChI=1S/C33H54N6O12/c40-28(49-22-25-19-46-25)34-13-7-1-4-10-16-37-31(43)38(17-11-5-2-8-14-35-29(41)50-23-26-20-47-26)33(45)39(32(37)44)18-12-6-3-9-15-36-30(42)51-24-27-21-48-27/h25-27H,1-24H2,(H,34,40)(H,35,41)(H,36,42). The van der Waals surface area contributed by atoms with Crippen LogP contribution in [-0.4, -0.2) is 110 Å². The van der Waals surface area contributed by atoms with Crippen LogP contribution in [0.5, 0.6) is 0 Å². The van der Waals surface area contributed by atoms with Crippen molar-refractivity contribution >= 4 is 18.3 Å². The van der Waals surface area contributed by atoms with Crippen LogP contribution in [-0.2, 0) is 48.1 Å². The number of alkyl carbamates (subject to hydrolysis) is 3. The Morgan fingerprint density at radius 3 is 0.980 bits per heavy atom. The van der Waals surface area contributed by atoms with Gasteiger partial charge in [0.15, 0.2) is 0 Å². The minimum Gasteiger partial charge on any atom is -0.447 e. The van der Waals surface area contributed by atoms with Crippen molar-refractivity contribution in [1.82, 2.24) is 29.7 Å². The number of nitrogens with one attached hydrogen (secondary N) is 3. The average Bonchev–Trinajstić information content (AvgIpc) is 3.96. The van der Waals surface area contributed by atoms with Gasteiger partial charge in [-0.25, -0.2) is 42.5 Å². The van der Waals surface area contributed by atoms with E-state index in [1.807, 2.05) is 0 Å². The maximum Gasteiger partial charge on any atom is 0.407 e. The molecule has 3 saturated heterocycles. The summed E-state index contributed by atoms with van der Waals surface area (Å²) in [6.07, 6.45) is 6.92. The SMILES string of the molecule is O=C(NCCCCCCn1c(=O)n(CCCCCCNC(=O)OCC2CO2)c(=O)n(CCCCCCNC(=O)OCC2CO2)c1=O)OCC1CO1. The van der Waals surface area contributed by atoms with Gasteiger partial charge in [0, 0.05) is 39.3 Å². The van der Waals surface area contributed by atoms with Crippen LogP contribution < -0.4 is 33.0 Å². The second-order valence-electron chi connectivity index (χ2n) is 13.0. The molecule has 0 saturated carbocycles. The van der Waals surface area contributed by atoms with E-state index in [1.54, 1.807) is 0 Å². The third-order valence-electron chi connectivity index (χ3n) is 8.53. The van der Waals surface area contributed by atoms with E-state index in [2.05, 4.69) is 16.0 Å². The van der Waals surface area contributed by atoms with Gasteiger partial charge in [-0.15, -0.1) is 0 Å². The van der Waals surface area contributed by atoms with Crippen molar-refractivity contribution in [3.8, 4) is 0 Å². The molecule has 4 heterocycles. The highest BCUT2D eigenvalue weighted by Gasteiger charge is 2.25. The molecule has 3 N–H and O–H groups in total. The Bertz CT molecular complexity index is 1220. The van der Waals surface area contributed by atoms with Crippen molar-refractivity contribution in [3.63, 3.8) is 0 Å². The first kappa shape index (κ1) is 39.9. The number of unbranched alkanes of at least 4 members (excludes halogenated alkanes) is 9. The highest BCUT2D eigenvalue weighted by atomic mass is 16.6.